The molecule has 2 fully saturated rings. The SMILES string of the molecule is CC(C)c1ccc(NC(=O)C2(C(=O)NC3CCS(=O)(=O)C3)CC2)cc1. The molecule has 7 heteroatoms. The molecule has 1 aliphatic carbocycles. The van der Waals surface area contributed by atoms with Gasteiger partial charge >= 0.3 is 0 Å². The molecule has 1 aromatic rings. The Morgan fingerprint density at radius 3 is 2.24 bits per heavy atom. The predicted octanol–water partition coefficient (Wildman–Crippen LogP) is 1.83. The molecule has 25 heavy (non-hydrogen) atoms. The Morgan fingerprint density at radius 1 is 1.12 bits per heavy atom. The molecule has 0 bridgehead atoms. The Kier molecular flexibility index (Phi) is 4.62. The Balaban J connectivity index is 1.62. The van der Waals surface area contributed by atoms with E-state index in [0.29, 0.717) is 30.9 Å². The van der Waals surface area contributed by atoms with Gasteiger partial charge in [0.1, 0.15) is 5.41 Å². The van der Waals surface area contributed by atoms with Crippen LogP contribution in [0.4, 0.5) is 5.69 Å². The largest absolute Gasteiger partial charge is 0.351 e. The number of anilines is 1. The lowest BCUT2D eigenvalue weighted by atomic mass is 10.0. The molecule has 1 heterocycles. The second kappa shape index (κ2) is 6.44. The normalized spacial score (nSPS) is 23.2. The van der Waals surface area contributed by atoms with E-state index in [0.717, 1.165) is 0 Å². The summed E-state index contributed by atoms with van der Waals surface area (Å²) in [5.41, 5.74) is 0.791. The Bertz CT molecular complexity index is 780. The van der Waals surface area contributed by atoms with Crippen molar-refractivity contribution in [3.05, 3.63) is 29.8 Å². The highest BCUT2D eigenvalue weighted by Crippen LogP contribution is 2.47. The van der Waals surface area contributed by atoms with Crippen molar-refractivity contribution in [2.24, 2.45) is 5.41 Å². The van der Waals surface area contributed by atoms with Crippen LogP contribution in [0.1, 0.15) is 44.6 Å². The highest BCUT2D eigenvalue weighted by Gasteiger charge is 2.57. The molecule has 0 radical (unpaired) electrons. The standard InChI is InChI=1S/C18H24N2O4S/c1-12(2)13-3-5-14(6-4-13)19-16(21)18(8-9-18)17(22)20-15-7-10-25(23,24)11-15/h3-6,12,15H,7-11H2,1-2H3,(H,19,21)(H,20,22). The molecule has 0 aromatic heterocycles. The predicted molar refractivity (Wildman–Crippen MR) is 96.0 cm³/mol. The van der Waals surface area contributed by atoms with Crippen LogP contribution in [0, 0.1) is 5.41 Å². The maximum Gasteiger partial charge on any atom is 0.240 e. The number of amides is 2. The van der Waals surface area contributed by atoms with E-state index in [1.807, 2.05) is 24.3 Å². The fraction of sp³-hybridized carbons (Fsp3) is 0.556. The number of benzene rings is 1. The third kappa shape index (κ3) is 3.86. The number of rotatable bonds is 5. The highest BCUT2D eigenvalue weighted by molar-refractivity contribution is 7.91. The van der Waals surface area contributed by atoms with Crippen molar-refractivity contribution in [1.82, 2.24) is 5.32 Å². The molecule has 1 atom stereocenters. The van der Waals surface area contributed by atoms with Gasteiger partial charge in [0.2, 0.25) is 11.8 Å². The van der Waals surface area contributed by atoms with Gasteiger partial charge in [0, 0.05) is 11.7 Å². The zero-order valence-electron chi connectivity index (χ0n) is 14.5. The summed E-state index contributed by atoms with van der Waals surface area (Å²) < 4.78 is 23.0. The van der Waals surface area contributed by atoms with Crippen molar-refractivity contribution >= 4 is 27.3 Å². The van der Waals surface area contributed by atoms with Crippen molar-refractivity contribution < 1.29 is 18.0 Å². The first-order valence-corrected chi connectivity index (χ1v) is 10.5. The van der Waals surface area contributed by atoms with Crippen LogP contribution < -0.4 is 10.6 Å². The van der Waals surface area contributed by atoms with Crippen LogP contribution in [0.15, 0.2) is 24.3 Å². The summed E-state index contributed by atoms with van der Waals surface area (Å²) in [5.74, 6) is -0.200. The van der Waals surface area contributed by atoms with E-state index in [1.165, 1.54) is 5.56 Å². The molecule has 3 rings (SSSR count). The molecular weight excluding hydrogens is 340 g/mol. The van der Waals surface area contributed by atoms with Gasteiger partial charge in [-0.25, -0.2) is 8.42 Å². The maximum absolute atomic E-state index is 12.6. The van der Waals surface area contributed by atoms with Crippen LogP contribution in [0.5, 0.6) is 0 Å². The van der Waals surface area contributed by atoms with E-state index in [-0.39, 0.29) is 29.4 Å². The minimum absolute atomic E-state index is 0.0346. The van der Waals surface area contributed by atoms with E-state index in [4.69, 9.17) is 0 Å². The molecule has 1 aliphatic heterocycles. The van der Waals surface area contributed by atoms with E-state index < -0.39 is 15.3 Å². The van der Waals surface area contributed by atoms with Crippen molar-refractivity contribution in [2.45, 2.75) is 45.1 Å². The smallest absolute Gasteiger partial charge is 0.240 e. The van der Waals surface area contributed by atoms with Gasteiger partial charge in [-0.05, 0) is 42.9 Å². The Morgan fingerprint density at radius 2 is 1.76 bits per heavy atom. The molecule has 1 saturated carbocycles. The molecule has 1 saturated heterocycles. The average molecular weight is 364 g/mol. The van der Waals surface area contributed by atoms with Crippen molar-refractivity contribution in [3.8, 4) is 0 Å². The summed E-state index contributed by atoms with van der Waals surface area (Å²) in [5, 5.41) is 5.56. The van der Waals surface area contributed by atoms with Gasteiger partial charge in [-0.3, -0.25) is 9.59 Å². The number of sulfone groups is 1. The van der Waals surface area contributed by atoms with Crippen molar-refractivity contribution in [3.63, 3.8) is 0 Å². The average Bonchev–Trinajstić information content (AvgIpc) is 3.28. The second-order valence-electron chi connectivity index (χ2n) is 7.39. The minimum Gasteiger partial charge on any atom is -0.351 e. The quantitative estimate of drug-likeness (QED) is 0.780. The van der Waals surface area contributed by atoms with Gasteiger partial charge in [0.05, 0.1) is 11.5 Å². The molecule has 2 amide bonds. The number of carbonyl (C=O) groups is 2. The zero-order valence-corrected chi connectivity index (χ0v) is 15.4. The lowest BCUT2D eigenvalue weighted by Crippen LogP contribution is -2.45. The van der Waals surface area contributed by atoms with Crippen LogP contribution in [0.3, 0.4) is 0 Å². The van der Waals surface area contributed by atoms with Gasteiger partial charge in [-0.1, -0.05) is 26.0 Å². The van der Waals surface area contributed by atoms with E-state index in [9.17, 15) is 18.0 Å². The van der Waals surface area contributed by atoms with Crippen molar-refractivity contribution in [2.75, 3.05) is 16.8 Å². The van der Waals surface area contributed by atoms with E-state index in [1.54, 1.807) is 0 Å². The summed E-state index contributed by atoms with van der Waals surface area (Å²) in [7, 11) is -3.06. The van der Waals surface area contributed by atoms with Crippen LogP contribution in [-0.4, -0.2) is 37.8 Å². The Hall–Kier alpha value is -1.89. The number of hydrogen-bond acceptors (Lipinski definition) is 4. The van der Waals surface area contributed by atoms with E-state index in [2.05, 4.69) is 24.5 Å². The van der Waals surface area contributed by atoms with Gasteiger partial charge < -0.3 is 10.6 Å². The lowest BCUT2D eigenvalue weighted by molar-refractivity contribution is -0.134. The molecule has 1 aromatic carbocycles. The molecule has 2 aliphatic rings. The van der Waals surface area contributed by atoms with Gasteiger partial charge in [0.25, 0.3) is 0 Å². The lowest BCUT2D eigenvalue weighted by Gasteiger charge is -2.18. The first-order valence-electron chi connectivity index (χ1n) is 8.65. The fourth-order valence-corrected chi connectivity index (χ4v) is 4.79. The van der Waals surface area contributed by atoms with Crippen LogP contribution in [-0.2, 0) is 19.4 Å². The fourth-order valence-electron chi connectivity index (χ4n) is 3.12. The number of hydrogen-bond donors (Lipinski definition) is 2. The third-order valence-electron chi connectivity index (χ3n) is 5.02. The summed E-state index contributed by atoms with van der Waals surface area (Å²) in [6.45, 7) is 4.20. The summed E-state index contributed by atoms with van der Waals surface area (Å²) >= 11 is 0. The van der Waals surface area contributed by atoms with Crippen LogP contribution in [0.25, 0.3) is 0 Å². The summed E-state index contributed by atoms with van der Waals surface area (Å²) in [6, 6.07) is 7.22. The Labute approximate surface area is 148 Å². The molecular formula is C18H24N2O4S. The highest BCUT2D eigenvalue weighted by atomic mass is 32.2. The van der Waals surface area contributed by atoms with Gasteiger partial charge in [-0.15, -0.1) is 0 Å². The first-order chi connectivity index (χ1) is 11.7. The number of carbonyl (C=O) groups excluding carboxylic acids is 2. The second-order valence-corrected chi connectivity index (χ2v) is 9.62. The minimum atomic E-state index is -3.06. The van der Waals surface area contributed by atoms with Gasteiger partial charge in [0.15, 0.2) is 9.84 Å². The molecule has 0 spiro atoms. The maximum atomic E-state index is 12.6. The third-order valence-corrected chi connectivity index (χ3v) is 6.79. The molecule has 2 N–H and O–H groups in total. The zero-order chi connectivity index (χ0) is 18.2. The number of nitrogens with one attached hydrogen (secondary N) is 2. The van der Waals surface area contributed by atoms with Crippen LogP contribution >= 0.6 is 0 Å². The summed E-state index contributed by atoms with van der Waals surface area (Å²) in [6.07, 6.45) is 1.41. The molecule has 1 unspecified atom stereocenters. The molecule has 6 nitrogen and oxygen atoms in total. The summed E-state index contributed by atoms with van der Waals surface area (Å²) in [4.78, 5) is 25.1. The van der Waals surface area contributed by atoms with Gasteiger partial charge in [-0.2, -0.15) is 0 Å². The van der Waals surface area contributed by atoms with Crippen molar-refractivity contribution in [1.29, 1.82) is 0 Å². The van der Waals surface area contributed by atoms with Crippen LogP contribution in [0.2, 0.25) is 0 Å². The van der Waals surface area contributed by atoms with E-state index >= 15 is 0 Å². The monoisotopic (exact) mass is 364 g/mol. The topological polar surface area (TPSA) is 92.3 Å². The molecule has 136 valence electrons. The first kappa shape index (κ1) is 17.9.